The van der Waals surface area contributed by atoms with Crippen LogP contribution < -0.4 is 0 Å². The predicted octanol–water partition coefficient (Wildman–Crippen LogP) is 2.21. The molecular formula is C13H15N5. The lowest BCUT2D eigenvalue weighted by Gasteiger charge is -2.36. The first-order chi connectivity index (χ1) is 8.81. The van der Waals surface area contributed by atoms with Crippen LogP contribution in [0.15, 0.2) is 41.7 Å². The molecule has 1 aliphatic rings. The van der Waals surface area contributed by atoms with Gasteiger partial charge in [-0.05, 0) is 19.4 Å². The molecule has 1 aromatic heterocycles. The number of aliphatic imine (C=N–C) groups is 1. The van der Waals surface area contributed by atoms with Crippen molar-refractivity contribution in [3.05, 3.63) is 42.2 Å². The Morgan fingerprint density at radius 1 is 1.22 bits per heavy atom. The number of hydrogen-bond acceptors (Lipinski definition) is 4. The van der Waals surface area contributed by atoms with Crippen LogP contribution in [0.4, 0.5) is 5.95 Å². The number of fused-ring (bicyclic) bond motifs is 1. The zero-order valence-corrected chi connectivity index (χ0v) is 10.5. The summed E-state index contributed by atoms with van der Waals surface area (Å²) in [6.45, 7) is 5.04. The van der Waals surface area contributed by atoms with Gasteiger partial charge in [-0.2, -0.15) is 4.99 Å². The highest BCUT2D eigenvalue weighted by atomic mass is 15.4. The van der Waals surface area contributed by atoms with Gasteiger partial charge in [-0.3, -0.25) is 4.57 Å². The maximum atomic E-state index is 4.47. The highest BCUT2D eigenvalue weighted by molar-refractivity contribution is 5.83. The molecule has 0 saturated heterocycles. The number of benzene rings is 1. The summed E-state index contributed by atoms with van der Waals surface area (Å²) in [6.07, 6.45) is 1.84. The average molecular weight is 241 g/mol. The largest absolute Gasteiger partial charge is 0.336 e. The number of nitrogens with zero attached hydrogens (tertiary/aromatic N) is 5. The predicted molar refractivity (Wildman–Crippen MR) is 69.8 cm³/mol. The molecule has 3 rings (SSSR count). The van der Waals surface area contributed by atoms with E-state index in [9.17, 15) is 0 Å². The molecule has 0 aliphatic carbocycles. The molecule has 0 fully saturated rings. The summed E-state index contributed by atoms with van der Waals surface area (Å²) in [4.78, 5) is 6.71. The van der Waals surface area contributed by atoms with Gasteiger partial charge in [-0.15, -0.1) is 10.2 Å². The van der Waals surface area contributed by atoms with E-state index in [-0.39, 0.29) is 6.17 Å². The Morgan fingerprint density at radius 3 is 2.72 bits per heavy atom. The molecule has 1 aliphatic heterocycles. The quantitative estimate of drug-likeness (QED) is 0.809. The Balaban J connectivity index is 2.14. The highest BCUT2D eigenvalue weighted by Gasteiger charge is 2.28. The number of rotatable bonds is 2. The minimum Gasteiger partial charge on any atom is -0.336 e. The fourth-order valence-corrected chi connectivity index (χ4v) is 2.39. The van der Waals surface area contributed by atoms with Gasteiger partial charge in [0.1, 0.15) is 18.3 Å². The van der Waals surface area contributed by atoms with Gasteiger partial charge in [-0.25, -0.2) is 0 Å². The van der Waals surface area contributed by atoms with Gasteiger partial charge < -0.3 is 4.90 Å². The molecule has 92 valence electrons. The van der Waals surface area contributed by atoms with Crippen molar-refractivity contribution in [2.45, 2.75) is 20.0 Å². The second-order valence-corrected chi connectivity index (χ2v) is 4.27. The Hall–Kier alpha value is -2.17. The zero-order chi connectivity index (χ0) is 12.5. The Bertz CT molecular complexity index is 572. The van der Waals surface area contributed by atoms with Gasteiger partial charge in [0.2, 0.25) is 0 Å². The first kappa shape index (κ1) is 11.0. The standard InChI is InChI=1S/C13H15N5/c1-3-17-10(2)15-13-16-14-9-18(13)12(17)11-7-5-4-6-8-11/h4-9,12H,3H2,1-2H3. The Kier molecular flexibility index (Phi) is 2.59. The monoisotopic (exact) mass is 241 g/mol. The maximum Gasteiger partial charge on any atom is 0.254 e. The van der Waals surface area contributed by atoms with Crippen molar-refractivity contribution >= 4 is 11.8 Å². The van der Waals surface area contributed by atoms with Crippen LogP contribution in [0.1, 0.15) is 25.6 Å². The molecule has 18 heavy (non-hydrogen) atoms. The van der Waals surface area contributed by atoms with Crippen LogP contribution in [0.3, 0.4) is 0 Å². The van der Waals surface area contributed by atoms with E-state index in [1.807, 2.05) is 29.7 Å². The second-order valence-electron chi connectivity index (χ2n) is 4.27. The lowest BCUT2D eigenvalue weighted by atomic mass is 10.1. The summed E-state index contributed by atoms with van der Waals surface area (Å²) in [5, 5.41) is 8.01. The van der Waals surface area contributed by atoms with E-state index in [2.05, 4.69) is 39.1 Å². The zero-order valence-electron chi connectivity index (χ0n) is 10.5. The van der Waals surface area contributed by atoms with Crippen molar-refractivity contribution in [1.29, 1.82) is 0 Å². The van der Waals surface area contributed by atoms with E-state index in [1.54, 1.807) is 6.33 Å². The molecular weight excluding hydrogens is 226 g/mol. The van der Waals surface area contributed by atoms with Gasteiger partial charge in [0.15, 0.2) is 0 Å². The SMILES string of the molecule is CCN1C(C)=Nc2nncn2C1c1ccccc1. The Labute approximate surface area is 106 Å². The van der Waals surface area contributed by atoms with E-state index in [0.29, 0.717) is 5.95 Å². The van der Waals surface area contributed by atoms with Gasteiger partial charge >= 0.3 is 0 Å². The fourth-order valence-electron chi connectivity index (χ4n) is 2.39. The van der Waals surface area contributed by atoms with Gasteiger partial charge in [0.25, 0.3) is 5.95 Å². The van der Waals surface area contributed by atoms with Crippen LogP contribution in [0.5, 0.6) is 0 Å². The molecule has 0 bridgehead atoms. The summed E-state index contributed by atoms with van der Waals surface area (Å²) < 4.78 is 2.01. The van der Waals surface area contributed by atoms with E-state index in [0.717, 1.165) is 12.4 Å². The molecule has 5 heteroatoms. The molecule has 5 nitrogen and oxygen atoms in total. The second kappa shape index (κ2) is 4.25. The van der Waals surface area contributed by atoms with Gasteiger partial charge in [0.05, 0.1) is 0 Å². The lowest BCUT2D eigenvalue weighted by Crippen LogP contribution is -2.39. The van der Waals surface area contributed by atoms with Crippen LogP contribution in [0.25, 0.3) is 0 Å². The Morgan fingerprint density at radius 2 is 2.00 bits per heavy atom. The number of aromatic nitrogens is 3. The molecule has 0 saturated carbocycles. The van der Waals surface area contributed by atoms with Crippen molar-refractivity contribution in [2.24, 2.45) is 4.99 Å². The van der Waals surface area contributed by atoms with E-state index >= 15 is 0 Å². The highest BCUT2D eigenvalue weighted by Crippen LogP contribution is 2.30. The lowest BCUT2D eigenvalue weighted by molar-refractivity contribution is 0.280. The molecule has 0 spiro atoms. The van der Waals surface area contributed by atoms with Crippen LogP contribution in [-0.2, 0) is 0 Å². The molecule has 0 N–H and O–H groups in total. The smallest absolute Gasteiger partial charge is 0.254 e. The maximum absolute atomic E-state index is 4.47. The summed E-state index contributed by atoms with van der Waals surface area (Å²) >= 11 is 0. The minimum absolute atomic E-state index is 0.0960. The van der Waals surface area contributed by atoms with Crippen LogP contribution in [-0.4, -0.2) is 32.0 Å². The van der Waals surface area contributed by atoms with E-state index in [1.165, 1.54) is 5.56 Å². The topological polar surface area (TPSA) is 46.3 Å². The normalized spacial score (nSPS) is 18.4. The van der Waals surface area contributed by atoms with Crippen molar-refractivity contribution in [2.75, 3.05) is 6.54 Å². The third-order valence-corrected chi connectivity index (χ3v) is 3.23. The molecule has 0 amide bonds. The molecule has 0 radical (unpaired) electrons. The summed E-state index contributed by atoms with van der Waals surface area (Å²) in [5.41, 5.74) is 1.22. The average Bonchev–Trinajstić information content (AvgIpc) is 2.85. The van der Waals surface area contributed by atoms with Crippen molar-refractivity contribution < 1.29 is 0 Å². The third-order valence-electron chi connectivity index (χ3n) is 3.23. The van der Waals surface area contributed by atoms with E-state index in [4.69, 9.17) is 0 Å². The molecule has 1 atom stereocenters. The molecule has 1 aromatic carbocycles. The van der Waals surface area contributed by atoms with Crippen LogP contribution in [0.2, 0.25) is 0 Å². The molecule has 2 heterocycles. The van der Waals surface area contributed by atoms with E-state index < -0.39 is 0 Å². The number of amidine groups is 1. The summed E-state index contributed by atoms with van der Waals surface area (Å²) in [7, 11) is 0. The minimum atomic E-state index is 0.0960. The number of hydrogen-bond donors (Lipinski definition) is 0. The molecule has 1 unspecified atom stereocenters. The van der Waals surface area contributed by atoms with Crippen LogP contribution >= 0.6 is 0 Å². The fraction of sp³-hybridized carbons (Fsp3) is 0.308. The van der Waals surface area contributed by atoms with Crippen molar-refractivity contribution in [1.82, 2.24) is 19.7 Å². The van der Waals surface area contributed by atoms with Crippen molar-refractivity contribution in [3.8, 4) is 0 Å². The van der Waals surface area contributed by atoms with Gasteiger partial charge in [0, 0.05) is 6.54 Å². The van der Waals surface area contributed by atoms with Crippen LogP contribution in [0, 0.1) is 0 Å². The van der Waals surface area contributed by atoms with Crippen molar-refractivity contribution in [3.63, 3.8) is 0 Å². The van der Waals surface area contributed by atoms with Gasteiger partial charge in [-0.1, -0.05) is 30.3 Å². The first-order valence-corrected chi connectivity index (χ1v) is 6.07. The summed E-state index contributed by atoms with van der Waals surface area (Å²) in [6, 6.07) is 10.4. The third kappa shape index (κ3) is 1.59. The first-order valence-electron chi connectivity index (χ1n) is 6.07. The molecule has 2 aromatic rings. The summed E-state index contributed by atoms with van der Waals surface area (Å²) in [5.74, 6) is 1.65.